The first-order valence-electron chi connectivity index (χ1n) is 7.10. The number of hydrogen-bond acceptors (Lipinski definition) is 4. The number of carbonyl (C=O) groups is 2. The van der Waals surface area contributed by atoms with Gasteiger partial charge in [0.25, 0.3) is 0 Å². The number of nitrogens with two attached hydrogens (primary N) is 1. The van der Waals surface area contributed by atoms with Gasteiger partial charge < -0.3 is 15.6 Å². The Labute approximate surface area is 121 Å². The molecule has 6 nitrogen and oxygen atoms in total. The fourth-order valence-corrected chi connectivity index (χ4v) is 2.31. The minimum Gasteiger partial charge on any atom is -0.444 e. The normalized spacial score (nSPS) is 23.6. The van der Waals surface area contributed by atoms with Crippen LogP contribution in [-0.4, -0.2) is 45.8 Å². The number of amides is 2. The van der Waals surface area contributed by atoms with E-state index in [0.717, 1.165) is 0 Å². The lowest BCUT2D eigenvalue weighted by Gasteiger charge is -2.38. The molecule has 0 aromatic heterocycles. The molecule has 0 saturated carbocycles. The number of likely N-dealkylation sites (tertiary alicyclic amines) is 1. The molecule has 0 aromatic rings. The van der Waals surface area contributed by atoms with Gasteiger partial charge in [-0.3, -0.25) is 9.69 Å². The van der Waals surface area contributed by atoms with Gasteiger partial charge in [0, 0.05) is 6.54 Å². The smallest absolute Gasteiger partial charge is 0.411 e. The van der Waals surface area contributed by atoms with E-state index in [4.69, 9.17) is 10.5 Å². The maximum atomic E-state index is 12.1. The van der Waals surface area contributed by atoms with Crippen LogP contribution < -0.4 is 5.73 Å². The average Bonchev–Trinajstić information content (AvgIpc) is 2.74. The highest BCUT2D eigenvalue weighted by Crippen LogP contribution is 2.33. The van der Waals surface area contributed by atoms with Gasteiger partial charge in [-0.25, -0.2) is 4.79 Å². The molecule has 2 amide bonds. The molecule has 3 N–H and O–H groups in total. The second-order valence-corrected chi connectivity index (χ2v) is 5.70. The maximum Gasteiger partial charge on any atom is 0.411 e. The number of ether oxygens (including phenoxy) is 1. The summed E-state index contributed by atoms with van der Waals surface area (Å²) < 4.78 is 5.25. The Hall–Kier alpha value is -1.30. The zero-order valence-corrected chi connectivity index (χ0v) is 13.4. The lowest BCUT2D eigenvalue weighted by atomic mass is 9.89. The van der Waals surface area contributed by atoms with Gasteiger partial charge in [-0.2, -0.15) is 0 Å². The van der Waals surface area contributed by atoms with Gasteiger partial charge in [-0.15, -0.1) is 0 Å². The SMILES string of the molecule is CC.CC(O)C1(C(N)=O)CCCN1C(=O)OC(C)(C)C. The summed E-state index contributed by atoms with van der Waals surface area (Å²) in [7, 11) is 0. The van der Waals surface area contributed by atoms with E-state index < -0.39 is 29.2 Å². The van der Waals surface area contributed by atoms with Crippen molar-refractivity contribution in [2.75, 3.05) is 6.54 Å². The van der Waals surface area contributed by atoms with E-state index in [1.807, 2.05) is 13.8 Å². The molecule has 1 rings (SSSR count). The average molecular weight is 288 g/mol. The van der Waals surface area contributed by atoms with E-state index in [0.29, 0.717) is 19.4 Å². The first kappa shape index (κ1) is 18.7. The molecule has 20 heavy (non-hydrogen) atoms. The number of aliphatic hydroxyl groups excluding tert-OH is 1. The summed E-state index contributed by atoms with van der Waals surface area (Å²) in [5.74, 6) is -0.694. The molecular weight excluding hydrogens is 260 g/mol. The first-order chi connectivity index (χ1) is 9.11. The number of aliphatic hydroxyl groups is 1. The summed E-state index contributed by atoms with van der Waals surface area (Å²) in [6, 6.07) is 0. The quantitative estimate of drug-likeness (QED) is 0.808. The zero-order chi connectivity index (χ0) is 16.1. The lowest BCUT2D eigenvalue weighted by Crippen LogP contribution is -2.62. The third-order valence-corrected chi connectivity index (χ3v) is 3.15. The van der Waals surface area contributed by atoms with Gasteiger partial charge in [0.15, 0.2) is 0 Å². The molecule has 6 heteroatoms. The van der Waals surface area contributed by atoms with Crippen LogP contribution in [0.3, 0.4) is 0 Å². The molecule has 2 atom stereocenters. The lowest BCUT2D eigenvalue weighted by molar-refractivity contribution is -0.135. The minimum absolute atomic E-state index is 0.360. The van der Waals surface area contributed by atoms with Crippen LogP contribution in [0.15, 0.2) is 0 Å². The molecule has 1 heterocycles. The Morgan fingerprint density at radius 2 is 1.85 bits per heavy atom. The number of primary amides is 1. The second-order valence-electron chi connectivity index (χ2n) is 5.70. The minimum atomic E-state index is -1.34. The van der Waals surface area contributed by atoms with Crippen molar-refractivity contribution in [2.45, 2.75) is 71.6 Å². The van der Waals surface area contributed by atoms with Crippen molar-refractivity contribution in [3.8, 4) is 0 Å². The van der Waals surface area contributed by atoms with Crippen LogP contribution >= 0.6 is 0 Å². The van der Waals surface area contributed by atoms with E-state index in [-0.39, 0.29) is 0 Å². The van der Waals surface area contributed by atoms with Gasteiger partial charge in [0.2, 0.25) is 5.91 Å². The number of nitrogens with zero attached hydrogens (tertiary/aromatic N) is 1. The van der Waals surface area contributed by atoms with Crippen molar-refractivity contribution in [3.05, 3.63) is 0 Å². The van der Waals surface area contributed by atoms with Crippen LogP contribution in [0, 0.1) is 0 Å². The molecule has 0 bridgehead atoms. The van der Waals surface area contributed by atoms with Crippen LogP contribution in [0.25, 0.3) is 0 Å². The monoisotopic (exact) mass is 288 g/mol. The van der Waals surface area contributed by atoms with E-state index in [9.17, 15) is 14.7 Å². The Morgan fingerprint density at radius 1 is 1.35 bits per heavy atom. The second kappa shape index (κ2) is 6.92. The molecule has 1 aliphatic rings. The summed E-state index contributed by atoms with van der Waals surface area (Å²) in [5.41, 5.74) is 3.38. The molecule has 1 saturated heterocycles. The summed E-state index contributed by atoms with van der Waals surface area (Å²) in [6.45, 7) is 11.1. The molecular formula is C14H28N2O4. The van der Waals surface area contributed by atoms with Gasteiger partial charge in [0.05, 0.1) is 6.10 Å². The number of hydrogen-bond donors (Lipinski definition) is 2. The Bertz CT molecular complexity index is 350. The Kier molecular flexibility index (Phi) is 6.47. The predicted octanol–water partition coefficient (Wildman–Crippen LogP) is 1.65. The van der Waals surface area contributed by atoms with Crippen LogP contribution in [0.4, 0.5) is 4.79 Å². The van der Waals surface area contributed by atoms with Crippen molar-refractivity contribution in [2.24, 2.45) is 5.73 Å². The van der Waals surface area contributed by atoms with Gasteiger partial charge in [0.1, 0.15) is 11.1 Å². The molecule has 2 unspecified atom stereocenters. The Morgan fingerprint density at radius 3 is 2.20 bits per heavy atom. The van der Waals surface area contributed by atoms with Crippen molar-refractivity contribution >= 4 is 12.0 Å². The first-order valence-corrected chi connectivity index (χ1v) is 7.10. The summed E-state index contributed by atoms with van der Waals surface area (Å²) in [5, 5.41) is 9.84. The summed E-state index contributed by atoms with van der Waals surface area (Å²) in [6.07, 6.45) is -0.656. The molecule has 0 radical (unpaired) electrons. The van der Waals surface area contributed by atoms with Crippen LogP contribution in [-0.2, 0) is 9.53 Å². The highest BCUT2D eigenvalue weighted by molar-refractivity contribution is 5.90. The van der Waals surface area contributed by atoms with E-state index in [1.165, 1.54) is 11.8 Å². The third-order valence-electron chi connectivity index (χ3n) is 3.15. The van der Waals surface area contributed by atoms with E-state index in [2.05, 4.69) is 0 Å². The summed E-state index contributed by atoms with van der Waals surface area (Å²) >= 11 is 0. The number of carbonyl (C=O) groups excluding carboxylic acids is 2. The largest absolute Gasteiger partial charge is 0.444 e. The zero-order valence-electron chi connectivity index (χ0n) is 13.4. The van der Waals surface area contributed by atoms with Gasteiger partial charge in [-0.1, -0.05) is 13.8 Å². The fraction of sp³-hybridized carbons (Fsp3) is 0.857. The molecule has 0 aromatic carbocycles. The maximum absolute atomic E-state index is 12.1. The van der Waals surface area contributed by atoms with Crippen LogP contribution in [0.2, 0.25) is 0 Å². The van der Waals surface area contributed by atoms with Crippen LogP contribution in [0.5, 0.6) is 0 Å². The van der Waals surface area contributed by atoms with Crippen molar-refractivity contribution in [1.82, 2.24) is 4.90 Å². The third kappa shape index (κ3) is 3.85. The van der Waals surface area contributed by atoms with Gasteiger partial charge in [-0.05, 0) is 40.5 Å². The fourth-order valence-electron chi connectivity index (χ4n) is 2.31. The van der Waals surface area contributed by atoms with Gasteiger partial charge >= 0.3 is 6.09 Å². The Balaban J connectivity index is 0.00000172. The standard InChI is InChI=1S/C12H22N2O4.C2H6/c1-8(15)12(9(13)16)6-5-7-14(12)10(17)18-11(2,3)4;1-2/h8,15H,5-7H2,1-4H3,(H2,13,16);1-2H3. The highest BCUT2D eigenvalue weighted by Gasteiger charge is 2.53. The molecule has 1 fully saturated rings. The molecule has 0 aliphatic carbocycles. The van der Waals surface area contributed by atoms with E-state index >= 15 is 0 Å². The van der Waals surface area contributed by atoms with Crippen molar-refractivity contribution in [3.63, 3.8) is 0 Å². The number of rotatable bonds is 2. The van der Waals surface area contributed by atoms with Crippen molar-refractivity contribution in [1.29, 1.82) is 0 Å². The molecule has 118 valence electrons. The predicted molar refractivity (Wildman–Crippen MR) is 77.1 cm³/mol. The van der Waals surface area contributed by atoms with E-state index in [1.54, 1.807) is 20.8 Å². The highest BCUT2D eigenvalue weighted by atomic mass is 16.6. The molecule has 0 spiro atoms. The molecule has 1 aliphatic heterocycles. The summed E-state index contributed by atoms with van der Waals surface area (Å²) in [4.78, 5) is 25.0. The van der Waals surface area contributed by atoms with Crippen LogP contribution in [0.1, 0.15) is 54.4 Å². The topological polar surface area (TPSA) is 92.9 Å². The van der Waals surface area contributed by atoms with Crippen molar-refractivity contribution < 1.29 is 19.4 Å².